The first-order valence-electron chi connectivity index (χ1n) is 7.17. The molecule has 26 heavy (non-hydrogen) atoms. The molecule has 0 bridgehead atoms. The van der Waals surface area contributed by atoms with Gasteiger partial charge in [-0.2, -0.15) is 13.2 Å². The lowest BCUT2D eigenvalue weighted by Gasteiger charge is -2.28. The summed E-state index contributed by atoms with van der Waals surface area (Å²) in [4.78, 5) is 38.8. The molecule has 0 saturated heterocycles. The fourth-order valence-electron chi connectivity index (χ4n) is 2.49. The second-order valence-corrected chi connectivity index (χ2v) is 5.28. The first kappa shape index (κ1) is 17.3. The number of amides is 1. The van der Waals surface area contributed by atoms with Crippen LogP contribution >= 0.6 is 0 Å². The highest BCUT2D eigenvalue weighted by molar-refractivity contribution is 5.98. The number of anilines is 1. The molecular weight excluding hydrogens is 355 g/mol. The van der Waals surface area contributed by atoms with Crippen LogP contribution in [0.15, 0.2) is 33.9 Å². The minimum absolute atomic E-state index is 0.0379. The van der Waals surface area contributed by atoms with E-state index < -0.39 is 29.0 Å². The highest BCUT2D eigenvalue weighted by Crippen LogP contribution is 2.33. The number of hydrogen-bond donors (Lipinski definition) is 1. The van der Waals surface area contributed by atoms with Crippen LogP contribution in [0.1, 0.15) is 5.69 Å². The molecule has 7 nitrogen and oxygen atoms in total. The van der Waals surface area contributed by atoms with Gasteiger partial charge in [-0.25, -0.2) is 9.36 Å². The van der Waals surface area contributed by atoms with E-state index in [1.807, 2.05) is 0 Å². The number of nitrogens with zero attached hydrogens (tertiary/aromatic N) is 2. The zero-order valence-electron chi connectivity index (χ0n) is 13.0. The minimum atomic E-state index is -4.86. The average Bonchev–Trinajstić information content (AvgIpc) is 2.56. The molecule has 1 aliphatic rings. The maximum absolute atomic E-state index is 12.7. The summed E-state index contributed by atoms with van der Waals surface area (Å²) in [5.74, 6) is 2.17. The summed E-state index contributed by atoms with van der Waals surface area (Å²) in [6.07, 6.45) is 0.368. The van der Waals surface area contributed by atoms with Gasteiger partial charge in [0.2, 0.25) is 0 Å². The van der Waals surface area contributed by atoms with Gasteiger partial charge in [-0.05, 0) is 18.2 Å². The fourth-order valence-corrected chi connectivity index (χ4v) is 2.49. The molecule has 1 N–H and O–H groups in total. The van der Waals surface area contributed by atoms with Crippen molar-refractivity contribution in [2.75, 3.05) is 18.1 Å². The highest BCUT2D eigenvalue weighted by atomic mass is 19.4. The molecule has 2 aromatic rings. The molecule has 0 unspecified atom stereocenters. The molecule has 0 atom stereocenters. The molecule has 3 rings (SSSR count). The topological polar surface area (TPSA) is 84.4 Å². The smallest absolute Gasteiger partial charge is 0.431 e. The number of terminal acetylenes is 1. The Morgan fingerprint density at radius 3 is 2.58 bits per heavy atom. The van der Waals surface area contributed by atoms with Crippen molar-refractivity contribution in [1.29, 1.82) is 0 Å². The van der Waals surface area contributed by atoms with Crippen molar-refractivity contribution in [3.05, 3.63) is 50.8 Å². The van der Waals surface area contributed by atoms with Crippen molar-refractivity contribution >= 4 is 11.6 Å². The lowest BCUT2D eigenvalue weighted by atomic mass is 10.2. The van der Waals surface area contributed by atoms with Gasteiger partial charge in [0.05, 0.1) is 17.9 Å². The number of nitrogens with one attached hydrogen (secondary N) is 1. The monoisotopic (exact) mass is 365 g/mol. The van der Waals surface area contributed by atoms with E-state index in [0.29, 0.717) is 10.3 Å². The minimum Gasteiger partial charge on any atom is -0.482 e. The highest BCUT2D eigenvalue weighted by Gasteiger charge is 2.33. The van der Waals surface area contributed by atoms with Crippen LogP contribution in [-0.2, 0) is 11.0 Å². The molecule has 1 aromatic heterocycles. The third kappa shape index (κ3) is 2.95. The average molecular weight is 365 g/mol. The number of halogens is 3. The van der Waals surface area contributed by atoms with E-state index in [1.54, 1.807) is 4.98 Å². The molecule has 0 aliphatic carbocycles. The van der Waals surface area contributed by atoms with Crippen molar-refractivity contribution in [3.63, 3.8) is 0 Å². The van der Waals surface area contributed by atoms with Crippen LogP contribution in [0.4, 0.5) is 18.9 Å². The van der Waals surface area contributed by atoms with E-state index in [1.165, 1.54) is 23.1 Å². The number of carbonyl (C=O) groups is 1. The molecular formula is C16H10F3N3O4. The van der Waals surface area contributed by atoms with E-state index in [0.717, 1.165) is 0 Å². The normalized spacial score (nSPS) is 13.8. The largest absolute Gasteiger partial charge is 0.482 e. The molecule has 0 saturated carbocycles. The number of aromatic amines is 1. The Bertz CT molecular complexity index is 1020. The number of alkyl halides is 3. The van der Waals surface area contributed by atoms with Gasteiger partial charge in [-0.1, -0.05) is 5.92 Å². The van der Waals surface area contributed by atoms with Crippen LogP contribution in [0.2, 0.25) is 0 Å². The van der Waals surface area contributed by atoms with Crippen LogP contribution in [0.5, 0.6) is 5.75 Å². The standard InChI is InChI=1S/C16H10F3N3O4/c1-2-5-21-10-6-9(3-4-11(10)26-8-14(21)24)22-13(23)7-12(16(17,18)19)20-15(22)25/h1,3-4,6-7H,5,8H2,(H,20,25). The molecule has 1 aliphatic heterocycles. The Balaban J connectivity index is 2.16. The van der Waals surface area contributed by atoms with Crippen LogP contribution in [0.3, 0.4) is 0 Å². The van der Waals surface area contributed by atoms with Gasteiger partial charge in [0.1, 0.15) is 11.4 Å². The van der Waals surface area contributed by atoms with Crippen LogP contribution in [0.25, 0.3) is 5.69 Å². The quantitative estimate of drug-likeness (QED) is 0.802. The lowest BCUT2D eigenvalue weighted by molar-refractivity contribution is -0.141. The third-order valence-corrected chi connectivity index (χ3v) is 3.63. The molecule has 2 heterocycles. The molecule has 0 spiro atoms. The van der Waals surface area contributed by atoms with Crippen molar-refractivity contribution in [2.45, 2.75) is 6.18 Å². The fraction of sp³-hybridized carbons (Fsp3) is 0.188. The number of H-pyrrole nitrogens is 1. The third-order valence-electron chi connectivity index (χ3n) is 3.63. The van der Waals surface area contributed by atoms with Gasteiger partial charge >= 0.3 is 11.9 Å². The van der Waals surface area contributed by atoms with E-state index >= 15 is 0 Å². The Hall–Kier alpha value is -3.48. The number of fused-ring (bicyclic) bond motifs is 1. The predicted octanol–water partition coefficient (Wildman–Crippen LogP) is 0.903. The molecule has 0 fully saturated rings. The maximum Gasteiger partial charge on any atom is 0.431 e. The summed E-state index contributed by atoms with van der Waals surface area (Å²) in [7, 11) is 0. The van der Waals surface area contributed by atoms with Crippen LogP contribution in [0, 0.1) is 12.3 Å². The number of benzene rings is 1. The van der Waals surface area contributed by atoms with Crippen molar-refractivity contribution in [2.24, 2.45) is 0 Å². The molecule has 134 valence electrons. The summed E-state index contributed by atoms with van der Waals surface area (Å²) >= 11 is 0. The van der Waals surface area contributed by atoms with Gasteiger partial charge in [-0.3, -0.25) is 14.5 Å². The Morgan fingerprint density at radius 2 is 1.96 bits per heavy atom. The number of aromatic nitrogens is 2. The first-order valence-corrected chi connectivity index (χ1v) is 7.17. The van der Waals surface area contributed by atoms with Gasteiger partial charge in [0, 0.05) is 6.07 Å². The van der Waals surface area contributed by atoms with Crippen LogP contribution < -0.4 is 20.9 Å². The molecule has 0 radical (unpaired) electrons. The van der Waals surface area contributed by atoms with Gasteiger partial charge < -0.3 is 9.72 Å². The second-order valence-electron chi connectivity index (χ2n) is 5.28. The Kier molecular flexibility index (Phi) is 4.07. The summed E-state index contributed by atoms with van der Waals surface area (Å²) in [6.45, 7) is -0.300. The lowest BCUT2D eigenvalue weighted by Crippen LogP contribution is -2.39. The van der Waals surface area contributed by atoms with E-state index in [4.69, 9.17) is 11.2 Å². The number of ether oxygens (including phenoxy) is 1. The molecule has 1 aromatic carbocycles. The van der Waals surface area contributed by atoms with Crippen molar-refractivity contribution in [1.82, 2.24) is 9.55 Å². The maximum atomic E-state index is 12.7. The van der Waals surface area contributed by atoms with E-state index in [-0.39, 0.29) is 30.6 Å². The Morgan fingerprint density at radius 1 is 1.23 bits per heavy atom. The number of rotatable bonds is 2. The van der Waals surface area contributed by atoms with E-state index in [2.05, 4.69) is 5.92 Å². The zero-order valence-corrected chi connectivity index (χ0v) is 13.0. The van der Waals surface area contributed by atoms with Gasteiger partial charge in [0.25, 0.3) is 11.5 Å². The molecule has 1 amide bonds. The summed E-state index contributed by atoms with van der Waals surface area (Å²) < 4.78 is 43.8. The Labute approximate surface area is 143 Å². The predicted molar refractivity (Wildman–Crippen MR) is 84.3 cm³/mol. The number of carbonyl (C=O) groups excluding carboxylic acids is 1. The summed E-state index contributed by atoms with van der Waals surface area (Å²) in [5, 5.41) is 0. The van der Waals surface area contributed by atoms with Gasteiger partial charge in [0.15, 0.2) is 6.61 Å². The zero-order chi connectivity index (χ0) is 19.1. The second kappa shape index (κ2) is 6.11. The van der Waals surface area contributed by atoms with Crippen molar-refractivity contribution in [3.8, 4) is 23.8 Å². The first-order chi connectivity index (χ1) is 12.2. The summed E-state index contributed by atoms with van der Waals surface area (Å²) in [6, 6.07) is 4.26. The van der Waals surface area contributed by atoms with Gasteiger partial charge in [-0.15, -0.1) is 6.42 Å². The SMILES string of the molecule is C#CCN1C(=O)COc2ccc(-n3c(=O)cc(C(F)(F)F)[nH]c3=O)cc21. The summed E-state index contributed by atoms with van der Waals surface area (Å²) in [5.41, 5.74) is -3.72. The molecule has 10 heteroatoms. The number of hydrogen-bond acceptors (Lipinski definition) is 4. The van der Waals surface area contributed by atoms with E-state index in [9.17, 15) is 27.6 Å². The van der Waals surface area contributed by atoms with Crippen LogP contribution in [-0.4, -0.2) is 28.6 Å². The van der Waals surface area contributed by atoms with Crippen molar-refractivity contribution < 1.29 is 22.7 Å².